The summed E-state index contributed by atoms with van der Waals surface area (Å²) in [6.45, 7) is 7.94. The average Bonchev–Trinajstić information content (AvgIpc) is 3.32. The Balaban J connectivity index is 1.55. The zero-order valence-corrected chi connectivity index (χ0v) is 17.1. The first-order chi connectivity index (χ1) is 12.3. The number of hydrogen-bond donors (Lipinski definition) is 2. The van der Waals surface area contributed by atoms with Gasteiger partial charge in [-0.15, -0.1) is 0 Å². The van der Waals surface area contributed by atoms with Gasteiger partial charge in [0.15, 0.2) is 5.16 Å². The van der Waals surface area contributed by atoms with E-state index in [4.69, 9.17) is 4.74 Å². The van der Waals surface area contributed by atoms with Gasteiger partial charge in [-0.1, -0.05) is 11.8 Å². The minimum Gasteiger partial charge on any atom is -0.444 e. The maximum atomic E-state index is 12.3. The van der Waals surface area contributed by atoms with Crippen molar-refractivity contribution in [3.05, 3.63) is 11.8 Å². The van der Waals surface area contributed by atoms with E-state index in [1.807, 2.05) is 45.2 Å². The molecule has 0 bridgehead atoms. The van der Waals surface area contributed by atoms with E-state index in [0.717, 1.165) is 49.0 Å². The van der Waals surface area contributed by atoms with Crippen molar-refractivity contribution in [1.82, 2.24) is 20.2 Å². The molecule has 2 unspecified atom stereocenters. The Labute approximate surface area is 159 Å². The molecule has 7 nitrogen and oxygen atoms in total. The molecule has 0 radical (unpaired) electrons. The van der Waals surface area contributed by atoms with Crippen LogP contribution in [-0.2, 0) is 11.3 Å². The molecule has 0 aromatic carbocycles. The second-order valence-electron chi connectivity index (χ2n) is 8.07. The van der Waals surface area contributed by atoms with Crippen molar-refractivity contribution in [2.24, 2.45) is 5.92 Å². The van der Waals surface area contributed by atoms with E-state index in [0.29, 0.717) is 5.92 Å². The first-order valence-electron chi connectivity index (χ1n) is 9.07. The molecule has 2 heterocycles. The normalized spacial score (nSPS) is 24.8. The molecule has 3 rings (SSSR count). The van der Waals surface area contributed by atoms with Crippen LogP contribution >= 0.6 is 11.8 Å². The Morgan fingerprint density at radius 1 is 1.50 bits per heavy atom. The van der Waals surface area contributed by atoms with Gasteiger partial charge in [-0.25, -0.2) is 14.8 Å². The lowest BCUT2D eigenvalue weighted by atomic mass is 10.0. The third kappa shape index (κ3) is 4.23. The second kappa shape index (κ2) is 7.23. The summed E-state index contributed by atoms with van der Waals surface area (Å²) in [5.41, 5.74) is 0.765. The van der Waals surface area contributed by atoms with Gasteiger partial charge in [0.1, 0.15) is 11.4 Å². The predicted octanol–water partition coefficient (Wildman–Crippen LogP) is 2.73. The van der Waals surface area contributed by atoms with Gasteiger partial charge in [-0.3, -0.25) is 0 Å². The van der Waals surface area contributed by atoms with Crippen molar-refractivity contribution in [1.29, 1.82) is 0 Å². The van der Waals surface area contributed by atoms with E-state index in [1.165, 1.54) is 11.8 Å². The number of amides is 1. The van der Waals surface area contributed by atoms with Crippen molar-refractivity contribution >= 4 is 23.7 Å². The number of carbonyl (C=O) groups is 1. The molecule has 1 saturated carbocycles. The minimum atomic E-state index is -0.445. The predicted molar refractivity (Wildman–Crippen MR) is 103 cm³/mol. The maximum Gasteiger partial charge on any atom is 0.410 e. The monoisotopic (exact) mass is 379 g/mol. The first kappa shape index (κ1) is 19.2. The number of likely N-dealkylation sites (tertiary alicyclic amines) is 1. The van der Waals surface area contributed by atoms with Crippen LogP contribution in [0, 0.1) is 5.92 Å². The molecule has 8 heteroatoms. The topological polar surface area (TPSA) is 79.4 Å². The van der Waals surface area contributed by atoms with Gasteiger partial charge in [0.05, 0.1) is 0 Å². The van der Waals surface area contributed by atoms with E-state index in [9.17, 15) is 4.79 Å². The van der Waals surface area contributed by atoms with Gasteiger partial charge in [0, 0.05) is 44.0 Å². The zero-order valence-electron chi connectivity index (χ0n) is 16.3. The van der Waals surface area contributed by atoms with Crippen LogP contribution in [0.5, 0.6) is 0 Å². The summed E-state index contributed by atoms with van der Waals surface area (Å²) >= 11 is 1.54. The first-order valence-corrected chi connectivity index (χ1v) is 10.3. The highest BCUT2D eigenvalue weighted by Gasteiger charge is 2.57. The van der Waals surface area contributed by atoms with Crippen molar-refractivity contribution < 1.29 is 9.53 Å². The van der Waals surface area contributed by atoms with Gasteiger partial charge >= 0.3 is 6.09 Å². The molecule has 1 aliphatic carbocycles. The summed E-state index contributed by atoms with van der Waals surface area (Å²) < 4.78 is 5.50. The number of thioether (sulfide) groups is 1. The molecule has 1 saturated heterocycles. The summed E-state index contributed by atoms with van der Waals surface area (Å²) in [6, 6.07) is 0. The minimum absolute atomic E-state index is 0.141. The molecule has 2 atom stereocenters. The number of piperidine rings is 1. The van der Waals surface area contributed by atoms with E-state index in [1.54, 1.807) is 0 Å². The standard InChI is InChI=1S/C18H29N5O2S/c1-17(2,3)25-16(24)23-7-6-18(8-13(18)11-23)21-10-12-9-20-15(26-5)22-14(12)19-4/h9,13,21H,6-8,10-11H2,1-5H3,(H,19,20,22). The summed E-state index contributed by atoms with van der Waals surface area (Å²) in [4.78, 5) is 23.0. The fourth-order valence-corrected chi connectivity index (χ4v) is 3.86. The van der Waals surface area contributed by atoms with Crippen LogP contribution < -0.4 is 10.6 Å². The van der Waals surface area contributed by atoms with Crippen LogP contribution in [0.1, 0.15) is 39.2 Å². The molecule has 1 aliphatic heterocycles. The number of nitrogens with one attached hydrogen (secondary N) is 2. The molecule has 2 N–H and O–H groups in total. The number of aromatic nitrogens is 2. The number of rotatable bonds is 5. The third-order valence-electron chi connectivity index (χ3n) is 5.05. The Morgan fingerprint density at radius 3 is 2.88 bits per heavy atom. The summed E-state index contributed by atoms with van der Waals surface area (Å²) in [7, 11) is 1.88. The fourth-order valence-electron chi connectivity index (χ4n) is 3.52. The number of nitrogens with zero attached hydrogens (tertiary/aromatic N) is 3. The summed E-state index contributed by atoms with van der Waals surface area (Å²) in [6.07, 6.45) is 5.72. The quantitative estimate of drug-likeness (QED) is 0.601. The molecule has 2 aliphatic rings. The van der Waals surface area contributed by atoms with E-state index >= 15 is 0 Å². The van der Waals surface area contributed by atoms with Gasteiger partial charge in [-0.2, -0.15) is 0 Å². The van der Waals surface area contributed by atoms with Crippen LogP contribution in [0.25, 0.3) is 0 Å². The van der Waals surface area contributed by atoms with Crippen LogP contribution in [0.15, 0.2) is 11.4 Å². The Hall–Kier alpha value is -1.54. The van der Waals surface area contributed by atoms with Crippen molar-refractivity contribution in [2.75, 3.05) is 31.7 Å². The lowest BCUT2D eigenvalue weighted by molar-refractivity contribution is 0.0192. The van der Waals surface area contributed by atoms with Gasteiger partial charge in [0.25, 0.3) is 0 Å². The lowest BCUT2D eigenvalue weighted by Gasteiger charge is -2.33. The van der Waals surface area contributed by atoms with E-state index in [2.05, 4.69) is 20.6 Å². The molecular formula is C18H29N5O2S. The molecule has 144 valence electrons. The fraction of sp³-hybridized carbons (Fsp3) is 0.722. The van der Waals surface area contributed by atoms with Crippen molar-refractivity contribution in [3.63, 3.8) is 0 Å². The average molecular weight is 380 g/mol. The smallest absolute Gasteiger partial charge is 0.410 e. The van der Waals surface area contributed by atoms with E-state index < -0.39 is 5.60 Å². The van der Waals surface area contributed by atoms with E-state index in [-0.39, 0.29) is 11.6 Å². The highest BCUT2D eigenvalue weighted by Crippen LogP contribution is 2.49. The molecular weight excluding hydrogens is 350 g/mol. The van der Waals surface area contributed by atoms with Crippen LogP contribution in [0.2, 0.25) is 0 Å². The molecule has 1 aromatic rings. The van der Waals surface area contributed by atoms with Gasteiger partial charge in [-0.05, 0) is 45.8 Å². The number of ether oxygens (including phenoxy) is 1. The Bertz CT molecular complexity index is 678. The third-order valence-corrected chi connectivity index (χ3v) is 5.61. The second-order valence-corrected chi connectivity index (χ2v) is 8.84. The SMILES string of the molecule is CNc1nc(SC)ncc1CNC12CCN(C(=O)OC(C)(C)C)CC1C2. The summed E-state index contributed by atoms with van der Waals surface area (Å²) in [5.74, 6) is 1.37. The highest BCUT2D eigenvalue weighted by molar-refractivity contribution is 7.98. The van der Waals surface area contributed by atoms with Crippen molar-refractivity contribution in [3.8, 4) is 0 Å². The zero-order chi connectivity index (χ0) is 18.9. The Kier molecular flexibility index (Phi) is 5.35. The van der Waals surface area contributed by atoms with Gasteiger partial charge < -0.3 is 20.3 Å². The largest absolute Gasteiger partial charge is 0.444 e. The Morgan fingerprint density at radius 2 is 2.27 bits per heavy atom. The molecule has 2 fully saturated rings. The van der Waals surface area contributed by atoms with Crippen LogP contribution in [0.4, 0.5) is 10.6 Å². The molecule has 0 spiro atoms. The molecule has 1 amide bonds. The molecule has 1 aromatic heterocycles. The van der Waals surface area contributed by atoms with Crippen molar-refractivity contribution in [2.45, 2.75) is 56.5 Å². The number of hydrogen-bond acceptors (Lipinski definition) is 7. The van der Waals surface area contributed by atoms with Crippen LogP contribution in [0.3, 0.4) is 0 Å². The molecule has 26 heavy (non-hydrogen) atoms. The summed E-state index contributed by atoms with van der Waals surface area (Å²) in [5, 5.41) is 7.63. The maximum absolute atomic E-state index is 12.3. The van der Waals surface area contributed by atoms with Gasteiger partial charge in [0.2, 0.25) is 0 Å². The number of anilines is 1. The highest BCUT2D eigenvalue weighted by atomic mass is 32.2. The van der Waals surface area contributed by atoms with Crippen LogP contribution in [-0.4, -0.2) is 58.5 Å². The lowest BCUT2D eigenvalue weighted by Crippen LogP contribution is -2.47. The number of carbonyl (C=O) groups excluding carboxylic acids is 1. The number of fused-ring (bicyclic) bond motifs is 1.